The summed E-state index contributed by atoms with van der Waals surface area (Å²) in [5.74, 6) is -0.906. The molecule has 0 radical (unpaired) electrons. The van der Waals surface area contributed by atoms with Gasteiger partial charge in [-0.3, -0.25) is 9.59 Å². The predicted octanol–water partition coefficient (Wildman–Crippen LogP) is 3.92. The van der Waals surface area contributed by atoms with Crippen molar-refractivity contribution in [3.8, 4) is 5.75 Å². The molecule has 1 aliphatic heterocycles. The van der Waals surface area contributed by atoms with Gasteiger partial charge in [-0.05, 0) is 48.9 Å². The van der Waals surface area contributed by atoms with Crippen molar-refractivity contribution in [3.63, 3.8) is 0 Å². The molecule has 1 atom stereocenters. The quantitative estimate of drug-likeness (QED) is 0.385. The maximum Gasteiger partial charge on any atom is 0.295 e. The number of carbonyl (C=O) groups is 2. The maximum absolute atomic E-state index is 12.8. The summed E-state index contributed by atoms with van der Waals surface area (Å²) in [5, 5.41) is 11.0. The summed E-state index contributed by atoms with van der Waals surface area (Å²) in [6.07, 6.45) is 0. The van der Waals surface area contributed by atoms with Crippen LogP contribution in [0.15, 0.2) is 58.6 Å². The third kappa shape index (κ3) is 4.36. The Kier molecular flexibility index (Phi) is 6.71. The molecule has 0 unspecified atom stereocenters. The summed E-state index contributed by atoms with van der Waals surface area (Å²) >= 11 is 3.39. The fourth-order valence-corrected chi connectivity index (χ4v) is 3.59. The Balaban J connectivity index is 2.09. The van der Waals surface area contributed by atoms with E-state index >= 15 is 0 Å². The van der Waals surface area contributed by atoms with Crippen LogP contribution in [0, 0.1) is 0 Å². The fourth-order valence-electron chi connectivity index (χ4n) is 3.32. The average Bonchev–Trinajstić information content (AvgIpc) is 2.98. The first-order valence-corrected chi connectivity index (χ1v) is 10.0. The standard InChI is InChI=1S/C22H22BrNO5/c1-3-29-17-10-6-15(7-11-17)20(25)18-19(14-4-8-16(23)9-5-14)24(12-13-28-2)22(27)21(18)26/h4-11,19,25H,3,12-13H2,1-2H3/b20-18+/t19-/m1/s1. The second kappa shape index (κ2) is 9.24. The molecule has 1 fully saturated rings. The minimum absolute atomic E-state index is 0.0672. The zero-order valence-corrected chi connectivity index (χ0v) is 17.8. The lowest BCUT2D eigenvalue weighted by Crippen LogP contribution is -2.32. The van der Waals surface area contributed by atoms with Gasteiger partial charge in [0.2, 0.25) is 0 Å². The predicted molar refractivity (Wildman–Crippen MR) is 113 cm³/mol. The average molecular weight is 460 g/mol. The summed E-state index contributed by atoms with van der Waals surface area (Å²) < 4.78 is 11.4. The number of aliphatic hydroxyl groups is 1. The molecule has 0 aromatic heterocycles. The van der Waals surface area contributed by atoms with E-state index in [2.05, 4.69) is 15.9 Å². The summed E-state index contributed by atoms with van der Waals surface area (Å²) in [7, 11) is 1.53. The topological polar surface area (TPSA) is 76.1 Å². The number of hydrogen-bond acceptors (Lipinski definition) is 5. The van der Waals surface area contributed by atoms with E-state index in [1.165, 1.54) is 12.0 Å². The van der Waals surface area contributed by atoms with Crippen LogP contribution in [-0.4, -0.2) is 48.6 Å². The van der Waals surface area contributed by atoms with Gasteiger partial charge in [-0.15, -0.1) is 0 Å². The number of hydrogen-bond donors (Lipinski definition) is 1. The highest BCUT2D eigenvalue weighted by atomic mass is 79.9. The molecular weight excluding hydrogens is 438 g/mol. The number of aliphatic hydroxyl groups excluding tert-OH is 1. The molecule has 0 bridgehead atoms. The highest BCUT2D eigenvalue weighted by Gasteiger charge is 2.45. The number of ketones is 1. The van der Waals surface area contributed by atoms with Gasteiger partial charge in [0.25, 0.3) is 11.7 Å². The zero-order chi connectivity index (χ0) is 21.0. The van der Waals surface area contributed by atoms with Gasteiger partial charge >= 0.3 is 0 Å². The van der Waals surface area contributed by atoms with Crippen molar-refractivity contribution in [2.24, 2.45) is 0 Å². The number of benzene rings is 2. The third-order valence-electron chi connectivity index (χ3n) is 4.70. The maximum atomic E-state index is 12.8. The number of methoxy groups -OCH3 is 1. The molecule has 3 rings (SSSR count). The van der Waals surface area contributed by atoms with Gasteiger partial charge in [-0.25, -0.2) is 0 Å². The molecule has 0 spiro atoms. The Morgan fingerprint density at radius 2 is 1.76 bits per heavy atom. The van der Waals surface area contributed by atoms with E-state index in [-0.39, 0.29) is 24.5 Å². The van der Waals surface area contributed by atoms with Crippen LogP contribution in [0.5, 0.6) is 5.75 Å². The Bertz CT molecular complexity index is 921. The van der Waals surface area contributed by atoms with E-state index in [0.717, 1.165) is 10.0 Å². The van der Waals surface area contributed by atoms with Gasteiger partial charge in [-0.1, -0.05) is 28.1 Å². The van der Waals surface area contributed by atoms with E-state index in [1.807, 2.05) is 31.2 Å². The number of likely N-dealkylation sites (tertiary alicyclic amines) is 1. The number of ether oxygens (including phenoxy) is 2. The van der Waals surface area contributed by atoms with Crippen LogP contribution in [0.25, 0.3) is 5.76 Å². The second-order valence-corrected chi connectivity index (χ2v) is 7.41. The number of carbonyl (C=O) groups excluding carboxylic acids is 2. The number of rotatable bonds is 7. The van der Waals surface area contributed by atoms with Gasteiger partial charge in [0, 0.05) is 23.7 Å². The van der Waals surface area contributed by atoms with Crippen molar-refractivity contribution in [1.29, 1.82) is 0 Å². The molecule has 2 aromatic rings. The van der Waals surface area contributed by atoms with Gasteiger partial charge in [0.15, 0.2) is 0 Å². The van der Waals surface area contributed by atoms with E-state index in [1.54, 1.807) is 24.3 Å². The third-order valence-corrected chi connectivity index (χ3v) is 5.23. The van der Waals surface area contributed by atoms with E-state index < -0.39 is 17.7 Å². The van der Waals surface area contributed by atoms with Crippen molar-refractivity contribution >= 4 is 33.4 Å². The van der Waals surface area contributed by atoms with E-state index in [0.29, 0.717) is 17.9 Å². The lowest BCUT2D eigenvalue weighted by Gasteiger charge is -2.25. The largest absolute Gasteiger partial charge is 0.507 e. The molecule has 0 aliphatic carbocycles. The van der Waals surface area contributed by atoms with Crippen LogP contribution in [-0.2, 0) is 14.3 Å². The Morgan fingerprint density at radius 1 is 1.10 bits per heavy atom. The molecule has 29 heavy (non-hydrogen) atoms. The Morgan fingerprint density at radius 3 is 2.34 bits per heavy atom. The van der Waals surface area contributed by atoms with Gasteiger partial charge in [0.1, 0.15) is 11.5 Å². The molecule has 1 N–H and O–H groups in total. The normalized spacial score (nSPS) is 18.3. The van der Waals surface area contributed by atoms with Crippen LogP contribution in [0.2, 0.25) is 0 Å². The van der Waals surface area contributed by atoms with Crippen molar-refractivity contribution in [2.75, 3.05) is 26.9 Å². The number of amides is 1. The minimum atomic E-state index is -0.708. The van der Waals surface area contributed by atoms with Crippen LogP contribution in [0.4, 0.5) is 0 Å². The minimum Gasteiger partial charge on any atom is -0.507 e. The van der Waals surface area contributed by atoms with Crippen molar-refractivity contribution in [2.45, 2.75) is 13.0 Å². The van der Waals surface area contributed by atoms with Crippen molar-refractivity contribution in [1.82, 2.24) is 4.90 Å². The summed E-state index contributed by atoms with van der Waals surface area (Å²) in [5.41, 5.74) is 1.24. The molecule has 6 nitrogen and oxygen atoms in total. The molecule has 7 heteroatoms. The molecule has 1 amide bonds. The molecule has 1 heterocycles. The fraction of sp³-hybridized carbons (Fsp3) is 0.273. The molecule has 0 saturated carbocycles. The zero-order valence-electron chi connectivity index (χ0n) is 16.2. The highest BCUT2D eigenvalue weighted by Crippen LogP contribution is 2.39. The van der Waals surface area contributed by atoms with Crippen LogP contribution in [0.1, 0.15) is 24.1 Å². The van der Waals surface area contributed by atoms with Gasteiger partial charge in [0.05, 0.1) is 24.8 Å². The second-order valence-electron chi connectivity index (χ2n) is 6.49. The number of nitrogens with zero attached hydrogens (tertiary/aromatic N) is 1. The highest BCUT2D eigenvalue weighted by molar-refractivity contribution is 9.10. The molecule has 1 aliphatic rings. The molecule has 2 aromatic carbocycles. The van der Waals surface area contributed by atoms with Crippen LogP contribution in [0.3, 0.4) is 0 Å². The summed E-state index contributed by atoms with van der Waals surface area (Å²) in [6, 6.07) is 13.4. The van der Waals surface area contributed by atoms with Crippen molar-refractivity contribution in [3.05, 3.63) is 69.7 Å². The Hall–Kier alpha value is -2.64. The summed E-state index contributed by atoms with van der Waals surface area (Å²) in [6.45, 7) is 2.93. The first-order chi connectivity index (χ1) is 14.0. The van der Waals surface area contributed by atoms with Gasteiger partial charge in [-0.2, -0.15) is 0 Å². The summed E-state index contributed by atoms with van der Waals surface area (Å²) in [4.78, 5) is 27.0. The van der Waals surface area contributed by atoms with Crippen LogP contribution < -0.4 is 4.74 Å². The molecule has 1 saturated heterocycles. The number of Topliss-reactive ketones (excluding diaryl/α,β-unsaturated/α-hetero) is 1. The molecular formula is C22H22BrNO5. The number of halogens is 1. The van der Waals surface area contributed by atoms with E-state index in [9.17, 15) is 14.7 Å². The SMILES string of the molecule is CCOc1ccc(/C(O)=C2\C(=O)C(=O)N(CCOC)[C@@H]2c2ccc(Br)cc2)cc1. The van der Waals surface area contributed by atoms with Crippen LogP contribution >= 0.6 is 15.9 Å². The van der Waals surface area contributed by atoms with Crippen molar-refractivity contribution < 1.29 is 24.2 Å². The first-order valence-electron chi connectivity index (χ1n) is 9.24. The lowest BCUT2D eigenvalue weighted by molar-refractivity contribution is -0.140. The Labute approximate surface area is 177 Å². The molecule has 152 valence electrons. The monoisotopic (exact) mass is 459 g/mol. The lowest BCUT2D eigenvalue weighted by atomic mass is 9.95. The smallest absolute Gasteiger partial charge is 0.295 e. The van der Waals surface area contributed by atoms with E-state index in [4.69, 9.17) is 9.47 Å². The van der Waals surface area contributed by atoms with Gasteiger partial charge < -0.3 is 19.5 Å². The first kappa shape index (κ1) is 21.1.